The van der Waals surface area contributed by atoms with E-state index in [2.05, 4.69) is 0 Å². The van der Waals surface area contributed by atoms with Crippen LogP contribution in [0.4, 0.5) is 0 Å². The summed E-state index contributed by atoms with van der Waals surface area (Å²) in [6, 6.07) is 0. The van der Waals surface area contributed by atoms with Crippen molar-refractivity contribution in [1.29, 1.82) is 0 Å². The zero-order chi connectivity index (χ0) is 0. The molecule has 5 heavy (non-hydrogen) atoms. The van der Waals surface area contributed by atoms with Crippen LogP contribution in [0, 0.1) is 0 Å². The molecule has 5 heteroatoms. The Balaban J connectivity index is 0. The topological polar surface area (TPSA) is 90.0 Å². The molecule has 0 saturated carbocycles. The molecule has 0 aliphatic carbocycles. The summed E-state index contributed by atoms with van der Waals surface area (Å²) in [5.74, 6) is 0. The van der Waals surface area contributed by atoms with Crippen molar-refractivity contribution in [2.75, 3.05) is 0 Å². The van der Waals surface area contributed by atoms with Gasteiger partial charge in [-0.05, 0) is 0 Å². The van der Waals surface area contributed by atoms with E-state index >= 15 is 0 Å². The van der Waals surface area contributed by atoms with E-state index in [1.165, 1.54) is 0 Å². The Morgan fingerprint density at radius 3 is 0.600 bits per heavy atom. The van der Waals surface area contributed by atoms with Crippen LogP contribution in [-0.4, -0.2) is 16.4 Å². The first-order valence-corrected chi connectivity index (χ1v) is 0. The van der Waals surface area contributed by atoms with Gasteiger partial charge in [-0.1, -0.05) is 0 Å². The maximum atomic E-state index is 0. The molecule has 0 rings (SSSR count). The second-order valence-corrected chi connectivity index (χ2v) is 0. The third-order valence-electron chi connectivity index (χ3n) is 0. The van der Waals surface area contributed by atoms with E-state index in [9.17, 15) is 0 Å². The molecule has 0 unspecified atom stereocenters. The molecule has 0 aromatic carbocycles. The second kappa shape index (κ2) is 53.4. The Morgan fingerprint density at radius 2 is 0.600 bits per heavy atom. The fraction of sp³-hybridized carbons (Fsp3) is 0. The van der Waals surface area contributed by atoms with Gasteiger partial charge in [0.25, 0.3) is 0 Å². The Bertz CT molecular complexity index is 6.85. The number of hydrogen-bond donors (Lipinski definition) is 0. The number of hydrogen-bond acceptors (Lipinski definition) is 3. The molecule has 0 atom stereocenters. The minimum Gasteiger partial charge on any atom is -0.870 e. The Hall–Kier alpha value is 1.40. The largest absolute Gasteiger partial charge is 2.00 e. The molecule has 0 spiro atoms. The molecule has 0 heterocycles. The fourth-order valence-corrected chi connectivity index (χ4v) is 0. The zero-order valence-corrected chi connectivity index (χ0v) is 5.58. The molecule has 0 aromatic rings. The molecule has 0 aliphatic rings. The zero-order valence-electron chi connectivity index (χ0n) is 2.64. The van der Waals surface area contributed by atoms with Crippen LogP contribution in [-0.2, 0) is 17.1 Å². The van der Waals surface area contributed by atoms with Gasteiger partial charge in [-0.15, -0.1) is 0 Å². The summed E-state index contributed by atoms with van der Waals surface area (Å²) in [4.78, 5) is 0. The minimum absolute atomic E-state index is 0. The van der Waals surface area contributed by atoms with E-state index in [1.54, 1.807) is 0 Å². The van der Waals surface area contributed by atoms with E-state index in [4.69, 9.17) is 0 Å². The average molecular weight is 138 g/mol. The molecule has 0 bridgehead atoms. The van der Waals surface area contributed by atoms with Gasteiger partial charge in [0.15, 0.2) is 0 Å². The van der Waals surface area contributed by atoms with Crippen molar-refractivity contribution in [2.45, 2.75) is 0 Å². The van der Waals surface area contributed by atoms with Crippen LogP contribution in [0.1, 0.15) is 0 Å². The normalized spacial score (nSPS) is 0. The Labute approximate surface area is 62.8 Å². The van der Waals surface area contributed by atoms with Gasteiger partial charge >= 0.3 is 46.6 Å². The Kier molecular flexibility index (Phi) is 1020. The van der Waals surface area contributed by atoms with Crippen LogP contribution in [0.5, 0.6) is 0 Å². The molecule has 1 radical (unpaired) electrons. The predicted octanol–water partition coefficient (Wildman–Crippen LogP) is -3.53. The molecule has 0 saturated heterocycles. The van der Waals surface area contributed by atoms with Gasteiger partial charge in [0.05, 0.1) is 0 Å². The van der Waals surface area contributed by atoms with Crippen LogP contribution >= 0.6 is 0 Å². The van der Waals surface area contributed by atoms with Crippen LogP contribution in [0.2, 0.25) is 0 Å². The molecular formula is H3CuNaO3. The van der Waals surface area contributed by atoms with Crippen molar-refractivity contribution in [1.82, 2.24) is 0 Å². The third kappa shape index (κ3) is 31.9. The molecule has 3 nitrogen and oxygen atoms in total. The standard InChI is InChI=1S/Cu.Na.3H2O/h;;3*1H2/q+2;+1;;;/p-3. The van der Waals surface area contributed by atoms with Crippen LogP contribution in [0.25, 0.3) is 0 Å². The van der Waals surface area contributed by atoms with Gasteiger partial charge < -0.3 is 16.4 Å². The van der Waals surface area contributed by atoms with E-state index in [1.807, 2.05) is 0 Å². The first-order chi connectivity index (χ1) is 0. The molecule has 0 aromatic heterocycles. The fourth-order valence-electron chi connectivity index (χ4n) is 0. The van der Waals surface area contributed by atoms with Crippen molar-refractivity contribution in [3.05, 3.63) is 0 Å². The van der Waals surface area contributed by atoms with Gasteiger partial charge in [-0.3, -0.25) is 0 Å². The summed E-state index contributed by atoms with van der Waals surface area (Å²) in [5, 5.41) is 0. The van der Waals surface area contributed by atoms with Crippen LogP contribution in [0.3, 0.4) is 0 Å². The van der Waals surface area contributed by atoms with Gasteiger partial charge in [0.1, 0.15) is 0 Å². The SMILES string of the molecule is [Cu+2].[Na+].[OH-].[OH-].[OH-]. The molecular weight excluding hydrogens is 135 g/mol. The summed E-state index contributed by atoms with van der Waals surface area (Å²) in [6.07, 6.45) is 0. The second-order valence-electron chi connectivity index (χ2n) is 0. The van der Waals surface area contributed by atoms with Crippen molar-refractivity contribution in [3.63, 3.8) is 0 Å². The maximum Gasteiger partial charge on any atom is 2.00 e. The van der Waals surface area contributed by atoms with Crippen LogP contribution < -0.4 is 29.6 Å². The van der Waals surface area contributed by atoms with Gasteiger partial charge in [0.2, 0.25) is 0 Å². The molecule has 3 N–H and O–H groups in total. The Morgan fingerprint density at radius 1 is 0.600 bits per heavy atom. The van der Waals surface area contributed by atoms with E-state index in [0.717, 1.165) is 0 Å². The summed E-state index contributed by atoms with van der Waals surface area (Å²) in [6.45, 7) is 0. The summed E-state index contributed by atoms with van der Waals surface area (Å²) in [5.41, 5.74) is 0. The first kappa shape index (κ1) is 95.3. The van der Waals surface area contributed by atoms with Crippen molar-refractivity contribution < 1.29 is 63.1 Å². The van der Waals surface area contributed by atoms with E-state index in [0.29, 0.717) is 0 Å². The monoisotopic (exact) mass is 137 g/mol. The quantitative estimate of drug-likeness (QED) is 0.324. The van der Waals surface area contributed by atoms with Crippen molar-refractivity contribution >= 4 is 0 Å². The molecule has 0 fully saturated rings. The summed E-state index contributed by atoms with van der Waals surface area (Å²) < 4.78 is 0. The van der Waals surface area contributed by atoms with Crippen molar-refractivity contribution in [3.8, 4) is 0 Å². The summed E-state index contributed by atoms with van der Waals surface area (Å²) >= 11 is 0. The molecule has 0 aliphatic heterocycles. The van der Waals surface area contributed by atoms with Gasteiger partial charge in [-0.25, -0.2) is 0 Å². The summed E-state index contributed by atoms with van der Waals surface area (Å²) in [7, 11) is 0. The smallest absolute Gasteiger partial charge is 0.870 e. The average Bonchev–Trinajstić information content (AvgIpc) is 0. The van der Waals surface area contributed by atoms with Gasteiger partial charge in [0, 0.05) is 0 Å². The molecule has 0 amide bonds. The van der Waals surface area contributed by atoms with Gasteiger partial charge in [-0.2, -0.15) is 0 Å². The molecule has 33 valence electrons. The van der Waals surface area contributed by atoms with E-state index < -0.39 is 0 Å². The number of rotatable bonds is 0. The predicted molar refractivity (Wildman–Crippen MR) is 5.81 cm³/mol. The van der Waals surface area contributed by atoms with E-state index in [-0.39, 0.29) is 63.1 Å². The maximum absolute atomic E-state index is 0. The third-order valence-corrected chi connectivity index (χ3v) is 0. The minimum atomic E-state index is 0. The van der Waals surface area contributed by atoms with Crippen LogP contribution in [0.15, 0.2) is 0 Å². The van der Waals surface area contributed by atoms with Crippen molar-refractivity contribution in [2.24, 2.45) is 0 Å². The first-order valence-electron chi connectivity index (χ1n) is 0.